The van der Waals surface area contributed by atoms with Crippen LogP contribution in [-0.2, 0) is 14.3 Å². The van der Waals surface area contributed by atoms with Crippen LogP contribution < -0.4 is 5.73 Å². The summed E-state index contributed by atoms with van der Waals surface area (Å²) in [5, 5.41) is 0. The van der Waals surface area contributed by atoms with Crippen molar-refractivity contribution in [2.45, 2.75) is 19.4 Å². The van der Waals surface area contributed by atoms with Gasteiger partial charge in [-0.25, -0.2) is 8.78 Å². The number of hydrogen-bond acceptors (Lipinski definition) is 4. The first kappa shape index (κ1) is 12.2. The molecular weight excluding hydrogens is 184 g/mol. The zero-order valence-corrected chi connectivity index (χ0v) is 7.33. The fraction of sp³-hybridized carbons (Fsp3) is 0.857. The monoisotopic (exact) mass is 197 g/mol. The summed E-state index contributed by atoms with van der Waals surface area (Å²) in [6, 6.07) is -0.987. The Bertz CT molecular complexity index is 155. The minimum absolute atomic E-state index is 0.210. The highest BCUT2D eigenvalue weighted by atomic mass is 19.3. The normalized spacial score (nSPS) is 13.0. The number of carbonyl (C=O) groups excluding carboxylic acids is 1. The Morgan fingerprint density at radius 2 is 2.08 bits per heavy atom. The van der Waals surface area contributed by atoms with Crippen molar-refractivity contribution in [1.29, 1.82) is 0 Å². The van der Waals surface area contributed by atoms with E-state index < -0.39 is 25.0 Å². The van der Waals surface area contributed by atoms with E-state index in [1.807, 2.05) is 0 Å². The molecule has 0 aliphatic carbocycles. The maximum atomic E-state index is 11.6. The van der Waals surface area contributed by atoms with Crippen LogP contribution in [0, 0.1) is 0 Å². The van der Waals surface area contributed by atoms with Crippen molar-refractivity contribution in [2.75, 3.05) is 19.8 Å². The van der Waals surface area contributed by atoms with Crippen LogP contribution in [0.2, 0.25) is 0 Å². The molecule has 13 heavy (non-hydrogen) atoms. The van der Waals surface area contributed by atoms with Gasteiger partial charge in [-0.1, -0.05) is 0 Å². The van der Waals surface area contributed by atoms with Crippen LogP contribution in [0.25, 0.3) is 0 Å². The molecule has 0 rings (SSSR count). The lowest BCUT2D eigenvalue weighted by Crippen LogP contribution is -2.37. The number of carbonyl (C=O) groups is 1. The first-order valence-corrected chi connectivity index (χ1v) is 3.86. The molecule has 0 bridgehead atoms. The zero-order chi connectivity index (χ0) is 10.3. The lowest BCUT2D eigenvalue weighted by Gasteiger charge is -2.10. The van der Waals surface area contributed by atoms with Gasteiger partial charge in [-0.05, 0) is 6.92 Å². The Hall–Kier alpha value is -0.750. The highest BCUT2D eigenvalue weighted by Gasteiger charge is 2.15. The summed E-state index contributed by atoms with van der Waals surface area (Å²) in [4.78, 5) is 10.8. The largest absolute Gasteiger partial charge is 0.465 e. The second-order valence-corrected chi connectivity index (χ2v) is 2.29. The molecule has 0 aromatic rings. The van der Waals surface area contributed by atoms with E-state index in [2.05, 4.69) is 9.47 Å². The number of rotatable bonds is 6. The molecule has 0 spiro atoms. The van der Waals surface area contributed by atoms with Gasteiger partial charge in [-0.3, -0.25) is 4.79 Å². The van der Waals surface area contributed by atoms with E-state index in [0.29, 0.717) is 0 Å². The molecule has 6 heteroatoms. The Balaban J connectivity index is 3.49. The van der Waals surface area contributed by atoms with E-state index in [0.717, 1.165) is 0 Å². The highest BCUT2D eigenvalue weighted by molar-refractivity contribution is 5.75. The molecule has 2 N–H and O–H groups in total. The maximum Gasteiger partial charge on any atom is 0.325 e. The number of esters is 1. The van der Waals surface area contributed by atoms with Crippen LogP contribution >= 0.6 is 0 Å². The van der Waals surface area contributed by atoms with E-state index in [1.54, 1.807) is 6.92 Å². The quantitative estimate of drug-likeness (QED) is 0.616. The van der Waals surface area contributed by atoms with Gasteiger partial charge in [0.2, 0.25) is 0 Å². The van der Waals surface area contributed by atoms with Crippen LogP contribution in [0.4, 0.5) is 8.78 Å². The van der Waals surface area contributed by atoms with Gasteiger partial charge in [0.25, 0.3) is 6.43 Å². The summed E-state index contributed by atoms with van der Waals surface area (Å²) in [6.45, 7) is 0.877. The number of alkyl halides is 2. The van der Waals surface area contributed by atoms with Crippen LogP contribution in [0.1, 0.15) is 6.92 Å². The summed E-state index contributed by atoms with van der Waals surface area (Å²) in [7, 11) is 0. The Morgan fingerprint density at radius 1 is 1.46 bits per heavy atom. The third kappa shape index (κ3) is 6.41. The van der Waals surface area contributed by atoms with Crippen LogP contribution in [0.15, 0.2) is 0 Å². The van der Waals surface area contributed by atoms with Crippen LogP contribution in [-0.4, -0.2) is 38.3 Å². The van der Waals surface area contributed by atoms with Gasteiger partial charge in [0, 0.05) is 0 Å². The molecule has 1 atom stereocenters. The van der Waals surface area contributed by atoms with Crippen LogP contribution in [0.5, 0.6) is 0 Å². The van der Waals surface area contributed by atoms with E-state index in [9.17, 15) is 13.6 Å². The predicted octanol–water partition coefficient (Wildman–Crippen LogP) is 0.158. The summed E-state index contributed by atoms with van der Waals surface area (Å²) >= 11 is 0. The highest BCUT2D eigenvalue weighted by Crippen LogP contribution is 1.94. The van der Waals surface area contributed by atoms with E-state index in [1.165, 1.54) is 0 Å². The third-order valence-corrected chi connectivity index (χ3v) is 1.13. The fourth-order valence-electron chi connectivity index (χ4n) is 0.601. The smallest absolute Gasteiger partial charge is 0.325 e. The summed E-state index contributed by atoms with van der Waals surface area (Å²) in [6.07, 6.45) is -2.55. The Morgan fingerprint density at radius 3 is 2.54 bits per heavy atom. The number of halogens is 2. The van der Waals surface area contributed by atoms with Crippen LogP contribution in [0.3, 0.4) is 0 Å². The molecule has 0 fully saturated rings. The first-order chi connectivity index (χ1) is 6.07. The second kappa shape index (κ2) is 6.73. The lowest BCUT2D eigenvalue weighted by atomic mass is 10.3. The van der Waals surface area contributed by atoms with Gasteiger partial charge in [0.1, 0.15) is 12.6 Å². The first-order valence-electron chi connectivity index (χ1n) is 3.86. The second-order valence-electron chi connectivity index (χ2n) is 2.29. The van der Waals surface area contributed by atoms with Crippen molar-refractivity contribution in [3.63, 3.8) is 0 Å². The van der Waals surface area contributed by atoms with Gasteiger partial charge >= 0.3 is 5.97 Å². The van der Waals surface area contributed by atoms with Crippen molar-refractivity contribution in [2.24, 2.45) is 5.73 Å². The molecule has 4 nitrogen and oxygen atoms in total. The molecule has 0 saturated heterocycles. The SMILES string of the molecule is CCOC(=O)C(N)COCC(F)F. The molecule has 0 radical (unpaired) electrons. The molecule has 0 saturated carbocycles. The van der Waals surface area contributed by atoms with Gasteiger partial charge in [0.15, 0.2) is 0 Å². The average Bonchev–Trinajstić information content (AvgIpc) is 2.04. The van der Waals surface area contributed by atoms with E-state index in [4.69, 9.17) is 5.73 Å². The number of nitrogens with two attached hydrogens (primary N) is 1. The molecule has 0 aromatic heterocycles. The fourth-order valence-corrected chi connectivity index (χ4v) is 0.601. The van der Waals surface area contributed by atoms with Crippen molar-refractivity contribution in [3.8, 4) is 0 Å². The van der Waals surface area contributed by atoms with Crippen molar-refractivity contribution in [1.82, 2.24) is 0 Å². The molecule has 0 amide bonds. The molecule has 1 unspecified atom stereocenters. The lowest BCUT2D eigenvalue weighted by molar-refractivity contribution is -0.146. The van der Waals surface area contributed by atoms with Crippen molar-refractivity contribution in [3.05, 3.63) is 0 Å². The molecular formula is C7H13F2NO3. The van der Waals surface area contributed by atoms with Gasteiger partial charge in [-0.15, -0.1) is 0 Å². The van der Waals surface area contributed by atoms with Gasteiger partial charge < -0.3 is 15.2 Å². The van der Waals surface area contributed by atoms with Gasteiger partial charge in [-0.2, -0.15) is 0 Å². The summed E-state index contributed by atoms with van der Waals surface area (Å²) in [5.74, 6) is -0.642. The zero-order valence-electron chi connectivity index (χ0n) is 7.33. The summed E-state index contributed by atoms with van der Waals surface area (Å²) < 4.78 is 32.1. The minimum Gasteiger partial charge on any atom is -0.465 e. The average molecular weight is 197 g/mol. The molecule has 0 aliphatic heterocycles. The van der Waals surface area contributed by atoms with Crippen molar-refractivity contribution >= 4 is 5.97 Å². The van der Waals surface area contributed by atoms with Crippen molar-refractivity contribution < 1.29 is 23.0 Å². The predicted molar refractivity (Wildman–Crippen MR) is 41.4 cm³/mol. The Kier molecular flexibility index (Phi) is 6.34. The summed E-state index contributed by atoms with van der Waals surface area (Å²) in [5.41, 5.74) is 5.25. The van der Waals surface area contributed by atoms with E-state index >= 15 is 0 Å². The number of hydrogen-bond donors (Lipinski definition) is 1. The Labute approximate surface area is 75.0 Å². The standard InChI is InChI=1S/C7H13F2NO3/c1-2-13-7(11)5(10)3-12-4-6(8)9/h5-6H,2-4,10H2,1H3. The van der Waals surface area contributed by atoms with Gasteiger partial charge in [0.05, 0.1) is 13.2 Å². The molecule has 0 heterocycles. The molecule has 78 valence electrons. The minimum atomic E-state index is -2.55. The van der Waals surface area contributed by atoms with E-state index in [-0.39, 0.29) is 13.2 Å². The number of ether oxygens (including phenoxy) is 2. The third-order valence-electron chi connectivity index (χ3n) is 1.13. The maximum absolute atomic E-state index is 11.6. The molecule has 0 aliphatic rings. The topological polar surface area (TPSA) is 61.5 Å². The molecule has 0 aromatic carbocycles.